The molecule has 0 radical (unpaired) electrons. The molecule has 0 saturated carbocycles. The van der Waals surface area contributed by atoms with Crippen molar-refractivity contribution in [3.05, 3.63) is 0 Å². The Morgan fingerprint density at radius 2 is 2.24 bits per heavy atom. The van der Waals surface area contributed by atoms with Gasteiger partial charge in [-0.15, -0.1) is 0 Å². The summed E-state index contributed by atoms with van der Waals surface area (Å²) in [5, 5.41) is 8.84. The highest BCUT2D eigenvalue weighted by molar-refractivity contribution is 5.82. The minimum atomic E-state index is -0.315. The number of hydrogen-bond acceptors (Lipinski definition) is 4. The van der Waals surface area contributed by atoms with Crippen molar-refractivity contribution < 1.29 is 9.53 Å². The fourth-order valence-electron chi connectivity index (χ4n) is 2.31. The summed E-state index contributed by atoms with van der Waals surface area (Å²) in [6.07, 6.45) is 0.250. The maximum atomic E-state index is 12.1. The molecule has 17 heavy (non-hydrogen) atoms. The largest absolute Gasteiger partial charge is 0.383 e. The lowest BCUT2D eigenvalue weighted by molar-refractivity contribution is -0.134. The van der Waals surface area contributed by atoms with Gasteiger partial charge in [0.05, 0.1) is 19.1 Å². The Balaban J connectivity index is 2.80. The fourth-order valence-corrected chi connectivity index (χ4v) is 2.31. The van der Waals surface area contributed by atoms with Crippen LogP contribution in [0.5, 0.6) is 0 Å². The summed E-state index contributed by atoms with van der Waals surface area (Å²) in [5.41, 5.74) is 0. The van der Waals surface area contributed by atoms with Gasteiger partial charge in [0, 0.05) is 33.8 Å². The second-order valence-electron chi connectivity index (χ2n) is 4.69. The summed E-state index contributed by atoms with van der Waals surface area (Å²) in [7, 11) is 3.46. The van der Waals surface area contributed by atoms with Gasteiger partial charge in [-0.3, -0.25) is 9.69 Å². The van der Waals surface area contributed by atoms with E-state index in [4.69, 9.17) is 10.00 Å². The first-order valence-corrected chi connectivity index (χ1v) is 5.95. The van der Waals surface area contributed by atoms with Gasteiger partial charge in [0.15, 0.2) is 0 Å². The van der Waals surface area contributed by atoms with Crippen LogP contribution in [0.25, 0.3) is 0 Å². The monoisotopic (exact) mass is 239 g/mol. The van der Waals surface area contributed by atoms with E-state index in [2.05, 4.69) is 17.9 Å². The van der Waals surface area contributed by atoms with Gasteiger partial charge in [0.25, 0.3) is 0 Å². The summed E-state index contributed by atoms with van der Waals surface area (Å²) in [6, 6.07) is 1.79. The summed E-state index contributed by atoms with van der Waals surface area (Å²) in [6.45, 7) is 5.01. The molecule has 2 atom stereocenters. The minimum Gasteiger partial charge on any atom is -0.383 e. The molecule has 0 aromatic carbocycles. The average Bonchev–Trinajstić information content (AvgIpc) is 2.38. The van der Waals surface area contributed by atoms with Gasteiger partial charge in [-0.2, -0.15) is 5.26 Å². The Hall–Kier alpha value is -1.12. The van der Waals surface area contributed by atoms with Crippen molar-refractivity contribution in [1.29, 1.82) is 5.26 Å². The highest BCUT2D eigenvalue weighted by Gasteiger charge is 2.32. The van der Waals surface area contributed by atoms with Crippen molar-refractivity contribution in [2.45, 2.75) is 19.4 Å². The summed E-state index contributed by atoms with van der Waals surface area (Å²) in [4.78, 5) is 16.0. The maximum Gasteiger partial charge on any atom is 0.240 e. The molecule has 1 saturated heterocycles. The van der Waals surface area contributed by atoms with Crippen molar-refractivity contribution in [2.24, 2.45) is 5.92 Å². The third-order valence-corrected chi connectivity index (χ3v) is 3.10. The molecule has 0 bridgehead atoms. The highest BCUT2D eigenvalue weighted by Crippen LogP contribution is 2.16. The van der Waals surface area contributed by atoms with E-state index >= 15 is 0 Å². The van der Waals surface area contributed by atoms with Crippen molar-refractivity contribution in [2.75, 3.05) is 40.4 Å². The second-order valence-corrected chi connectivity index (χ2v) is 4.69. The Morgan fingerprint density at radius 3 is 2.82 bits per heavy atom. The number of hydrogen-bond donors (Lipinski definition) is 0. The molecule has 1 fully saturated rings. The first kappa shape index (κ1) is 13.9. The van der Waals surface area contributed by atoms with E-state index in [1.54, 1.807) is 12.0 Å². The lowest BCUT2D eigenvalue weighted by atomic mass is 10.1. The molecule has 0 aromatic heterocycles. The highest BCUT2D eigenvalue weighted by atomic mass is 16.5. The molecule has 0 aromatic rings. The average molecular weight is 239 g/mol. The smallest absolute Gasteiger partial charge is 0.240 e. The standard InChI is InChI=1S/C12H21N3O2/c1-10-8-14(2)12(16)11(4-5-13)15(9-10)6-7-17-3/h10-11H,4,6-9H2,1-3H3. The van der Waals surface area contributed by atoms with E-state index in [-0.39, 0.29) is 18.4 Å². The molecule has 1 amide bonds. The molecular weight excluding hydrogens is 218 g/mol. The van der Waals surface area contributed by atoms with Crippen LogP contribution in [0.3, 0.4) is 0 Å². The van der Waals surface area contributed by atoms with Crippen LogP contribution in [0.1, 0.15) is 13.3 Å². The van der Waals surface area contributed by atoms with Gasteiger partial charge < -0.3 is 9.64 Å². The lowest BCUT2D eigenvalue weighted by Crippen LogP contribution is -2.45. The maximum absolute atomic E-state index is 12.1. The van der Waals surface area contributed by atoms with E-state index in [1.165, 1.54) is 0 Å². The fraction of sp³-hybridized carbons (Fsp3) is 0.833. The number of nitrogens with zero attached hydrogens (tertiary/aromatic N) is 3. The van der Waals surface area contributed by atoms with Crippen LogP contribution in [0.2, 0.25) is 0 Å². The summed E-state index contributed by atoms with van der Waals surface area (Å²) >= 11 is 0. The molecule has 0 spiro atoms. The van der Waals surface area contributed by atoms with Crippen molar-refractivity contribution in [3.63, 3.8) is 0 Å². The van der Waals surface area contributed by atoms with Gasteiger partial charge in [-0.25, -0.2) is 0 Å². The SMILES string of the molecule is COCCN1CC(C)CN(C)C(=O)C1CC#N. The van der Waals surface area contributed by atoms with E-state index in [0.29, 0.717) is 19.1 Å². The number of carbonyl (C=O) groups is 1. The van der Waals surface area contributed by atoms with E-state index in [1.807, 2.05) is 7.05 Å². The van der Waals surface area contributed by atoms with Crippen molar-refractivity contribution >= 4 is 5.91 Å². The number of ether oxygens (including phenoxy) is 1. The van der Waals surface area contributed by atoms with Gasteiger partial charge in [-0.1, -0.05) is 6.92 Å². The number of methoxy groups -OCH3 is 1. The van der Waals surface area contributed by atoms with E-state index in [9.17, 15) is 4.79 Å². The molecule has 1 heterocycles. The van der Waals surface area contributed by atoms with Gasteiger partial charge in [-0.05, 0) is 5.92 Å². The Labute approximate surface area is 103 Å². The van der Waals surface area contributed by atoms with Crippen LogP contribution in [0, 0.1) is 17.2 Å². The zero-order valence-electron chi connectivity index (χ0n) is 10.8. The molecule has 0 N–H and O–H groups in total. The predicted octanol–water partition coefficient (Wildman–Crippen LogP) is 0.325. The molecule has 5 heteroatoms. The van der Waals surface area contributed by atoms with Crippen LogP contribution < -0.4 is 0 Å². The number of amides is 1. The molecule has 1 aliphatic rings. The number of rotatable bonds is 4. The van der Waals surface area contributed by atoms with E-state index in [0.717, 1.165) is 13.1 Å². The molecule has 2 unspecified atom stereocenters. The number of likely N-dealkylation sites (N-methyl/N-ethyl adjacent to an activating group) is 1. The third kappa shape index (κ3) is 3.69. The third-order valence-electron chi connectivity index (χ3n) is 3.10. The number of carbonyl (C=O) groups excluding carboxylic acids is 1. The van der Waals surface area contributed by atoms with Crippen LogP contribution in [0.4, 0.5) is 0 Å². The van der Waals surface area contributed by atoms with Crippen LogP contribution >= 0.6 is 0 Å². The molecular formula is C12H21N3O2. The Morgan fingerprint density at radius 1 is 1.53 bits per heavy atom. The first-order chi connectivity index (χ1) is 8.10. The Kier molecular flexibility index (Phi) is 5.39. The van der Waals surface area contributed by atoms with Crippen LogP contribution in [-0.2, 0) is 9.53 Å². The van der Waals surface area contributed by atoms with Crippen LogP contribution in [-0.4, -0.2) is 62.1 Å². The zero-order chi connectivity index (χ0) is 12.8. The zero-order valence-corrected chi connectivity index (χ0v) is 10.8. The molecule has 5 nitrogen and oxygen atoms in total. The first-order valence-electron chi connectivity index (χ1n) is 5.95. The molecule has 96 valence electrons. The Bertz CT molecular complexity index is 301. The topological polar surface area (TPSA) is 56.6 Å². The van der Waals surface area contributed by atoms with Crippen LogP contribution in [0.15, 0.2) is 0 Å². The van der Waals surface area contributed by atoms with Crippen molar-refractivity contribution in [3.8, 4) is 6.07 Å². The van der Waals surface area contributed by atoms with Gasteiger partial charge in [0.1, 0.15) is 6.04 Å². The molecule has 1 rings (SSSR count). The predicted molar refractivity (Wildman–Crippen MR) is 64.3 cm³/mol. The van der Waals surface area contributed by atoms with Crippen molar-refractivity contribution in [1.82, 2.24) is 9.80 Å². The lowest BCUT2D eigenvalue weighted by Gasteiger charge is -2.28. The molecule has 1 aliphatic heterocycles. The molecule has 0 aliphatic carbocycles. The normalized spacial score (nSPS) is 26.7. The summed E-state index contributed by atoms with van der Waals surface area (Å²) < 4.78 is 5.06. The van der Waals surface area contributed by atoms with Gasteiger partial charge in [0.2, 0.25) is 5.91 Å². The minimum absolute atomic E-state index is 0.0482. The number of nitriles is 1. The van der Waals surface area contributed by atoms with Gasteiger partial charge >= 0.3 is 0 Å². The second kappa shape index (κ2) is 6.58. The van der Waals surface area contributed by atoms with E-state index < -0.39 is 0 Å². The quantitative estimate of drug-likeness (QED) is 0.709. The summed E-state index contributed by atoms with van der Waals surface area (Å²) in [5.74, 6) is 0.469.